The van der Waals surface area contributed by atoms with Crippen molar-refractivity contribution in [2.45, 2.75) is 44.1 Å². The fraction of sp³-hybridized carbons (Fsp3) is 0.545. The van der Waals surface area contributed by atoms with Gasteiger partial charge in [-0.15, -0.1) is 0 Å². The van der Waals surface area contributed by atoms with Gasteiger partial charge in [0.15, 0.2) is 0 Å². The van der Waals surface area contributed by atoms with Gasteiger partial charge in [-0.3, -0.25) is 10.1 Å². The molecule has 4 saturated carbocycles. The number of rotatable bonds is 7. The van der Waals surface area contributed by atoms with Gasteiger partial charge in [-0.2, -0.15) is 0 Å². The molecular formula is C22H27N5O4. The van der Waals surface area contributed by atoms with Crippen LogP contribution in [0.15, 0.2) is 24.5 Å². The molecule has 4 bridgehead atoms. The lowest BCUT2D eigenvalue weighted by Gasteiger charge is -2.57. The average Bonchev–Trinajstić information content (AvgIpc) is 2.72. The maximum Gasteiger partial charge on any atom is 0.353 e. The molecular weight excluding hydrogens is 398 g/mol. The summed E-state index contributed by atoms with van der Waals surface area (Å²) in [6, 6.07) is 5.21. The van der Waals surface area contributed by atoms with Crippen molar-refractivity contribution in [2.75, 3.05) is 24.9 Å². The summed E-state index contributed by atoms with van der Waals surface area (Å²) in [7, 11) is 3.11. The Morgan fingerprint density at radius 2 is 1.68 bits per heavy atom. The summed E-state index contributed by atoms with van der Waals surface area (Å²) >= 11 is 0. The zero-order valence-electron chi connectivity index (χ0n) is 17.8. The maximum atomic E-state index is 12.1. The Hall–Kier alpha value is -3.10. The number of nitrogens with one attached hydrogen (secondary N) is 2. The van der Waals surface area contributed by atoms with E-state index in [-0.39, 0.29) is 22.9 Å². The quantitative estimate of drug-likeness (QED) is 0.492. The molecule has 2 N–H and O–H groups in total. The molecule has 9 heteroatoms. The molecule has 2 aromatic rings. The highest BCUT2D eigenvalue weighted by atomic mass is 16.6. The monoisotopic (exact) mass is 425 g/mol. The highest BCUT2D eigenvalue weighted by Gasteiger charge is 2.51. The number of aromatic nitrogens is 2. The molecule has 1 aromatic heterocycles. The first-order valence-corrected chi connectivity index (χ1v) is 10.8. The van der Waals surface area contributed by atoms with Crippen molar-refractivity contribution in [1.29, 1.82) is 0 Å². The number of benzene rings is 1. The fourth-order valence-corrected chi connectivity index (χ4v) is 6.28. The zero-order chi connectivity index (χ0) is 21.6. The molecule has 4 fully saturated rings. The Balaban J connectivity index is 1.47. The lowest BCUT2D eigenvalue weighted by atomic mass is 9.53. The minimum absolute atomic E-state index is 0.0943. The van der Waals surface area contributed by atoms with Crippen LogP contribution in [0.4, 0.5) is 23.0 Å². The van der Waals surface area contributed by atoms with E-state index in [2.05, 4.69) is 20.6 Å². The molecule has 9 nitrogen and oxygen atoms in total. The Labute approximate surface area is 180 Å². The number of ether oxygens (including phenoxy) is 2. The van der Waals surface area contributed by atoms with Gasteiger partial charge in [0.1, 0.15) is 17.8 Å². The highest BCUT2D eigenvalue weighted by molar-refractivity contribution is 5.76. The van der Waals surface area contributed by atoms with E-state index in [1.165, 1.54) is 32.7 Å². The van der Waals surface area contributed by atoms with Gasteiger partial charge in [0.05, 0.1) is 24.8 Å². The summed E-state index contributed by atoms with van der Waals surface area (Å²) < 4.78 is 10.6. The van der Waals surface area contributed by atoms with Crippen LogP contribution < -0.4 is 20.1 Å². The highest BCUT2D eigenvalue weighted by Crippen LogP contribution is 2.57. The number of methoxy groups -OCH3 is 2. The van der Waals surface area contributed by atoms with Crippen LogP contribution in [0.3, 0.4) is 0 Å². The Bertz CT molecular complexity index is 976. The van der Waals surface area contributed by atoms with Crippen molar-refractivity contribution in [3.8, 4) is 11.5 Å². The molecule has 164 valence electrons. The number of hydrogen-bond acceptors (Lipinski definition) is 8. The third kappa shape index (κ3) is 3.62. The Morgan fingerprint density at radius 3 is 2.26 bits per heavy atom. The van der Waals surface area contributed by atoms with Gasteiger partial charge in [-0.25, -0.2) is 9.97 Å². The van der Waals surface area contributed by atoms with Crippen LogP contribution in [0.5, 0.6) is 11.5 Å². The molecule has 31 heavy (non-hydrogen) atoms. The van der Waals surface area contributed by atoms with Crippen LogP contribution >= 0.6 is 0 Å². The van der Waals surface area contributed by atoms with Gasteiger partial charge in [-0.1, -0.05) is 0 Å². The molecule has 4 aliphatic carbocycles. The van der Waals surface area contributed by atoms with E-state index in [0.29, 0.717) is 17.2 Å². The summed E-state index contributed by atoms with van der Waals surface area (Å²) in [4.78, 5) is 20.1. The van der Waals surface area contributed by atoms with Crippen LogP contribution in [0.2, 0.25) is 0 Å². The van der Waals surface area contributed by atoms with Gasteiger partial charge in [0.2, 0.25) is 11.6 Å². The SMILES string of the molecule is COc1ccc(Nc2ncnc(NC34CC5CC(CC(C5)C3)C4)c2[N+](=O)[O-])c(OC)c1. The van der Waals surface area contributed by atoms with Gasteiger partial charge in [0.25, 0.3) is 0 Å². The average molecular weight is 425 g/mol. The normalized spacial score (nSPS) is 28.3. The number of nitrogens with zero attached hydrogens (tertiary/aromatic N) is 3. The molecule has 0 atom stereocenters. The second-order valence-electron chi connectivity index (χ2n) is 9.19. The number of hydrogen-bond donors (Lipinski definition) is 2. The molecule has 0 spiro atoms. The Morgan fingerprint density at radius 1 is 1.03 bits per heavy atom. The lowest BCUT2D eigenvalue weighted by Crippen LogP contribution is -2.55. The van der Waals surface area contributed by atoms with Crippen molar-refractivity contribution >= 4 is 23.0 Å². The van der Waals surface area contributed by atoms with E-state index < -0.39 is 4.92 Å². The molecule has 1 aromatic carbocycles. The molecule has 6 rings (SSSR count). The van der Waals surface area contributed by atoms with Crippen molar-refractivity contribution < 1.29 is 14.4 Å². The lowest BCUT2D eigenvalue weighted by molar-refractivity contribution is -0.383. The fourth-order valence-electron chi connectivity index (χ4n) is 6.28. The first-order valence-electron chi connectivity index (χ1n) is 10.8. The van der Waals surface area contributed by atoms with Crippen LogP contribution in [-0.4, -0.2) is 34.6 Å². The zero-order valence-corrected chi connectivity index (χ0v) is 17.8. The first-order chi connectivity index (χ1) is 15.0. The minimum Gasteiger partial charge on any atom is -0.497 e. The summed E-state index contributed by atoms with van der Waals surface area (Å²) in [5.41, 5.74) is 0.324. The Kier molecular flexibility index (Phi) is 4.83. The van der Waals surface area contributed by atoms with Gasteiger partial charge < -0.3 is 20.1 Å². The van der Waals surface area contributed by atoms with E-state index in [1.54, 1.807) is 25.3 Å². The number of anilines is 3. The van der Waals surface area contributed by atoms with Gasteiger partial charge in [-0.05, 0) is 68.4 Å². The van der Waals surface area contributed by atoms with E-state index >= 15 is 0 Å². The first kappa shape index (κ1) is 19.8. The summed E-state index contributed by atoms with van der Waals surface area (Å²) in [5, 5.41) is 18.7. The molecule has 0 amide bonds. The van der Waals surface area contributed by atoms with Crippen LogP contribution in [0.1, 0.15) is 38.5 Å². The van der Waals surface area contributed by atoms with Crippen LogP contribution in [0, 0.1) is 27.9 Å². The summed E-state index contributed by atoms with van der Waals surface area (Å²) in [5.74, 6) is 3.72. The van der Waals surface area contributed by atoms with E-state index in [1.807, 2.05) is 0 Å². The van der Waals surface area contributed by atoms with Gasteiger partial charge >= 0.3 is 5.69 Å². The van der Waals surface area contributed by atoms with E-state index in [0.717, 1.165) is 37.0 Å². The van der Waals surface area contributed by atoms with Crippen molar-refractivity contribution in [3.05, 3.63) is 34.6 Å². The van der Waals surface area contributed by atoms with Crippen molar-refractivity contribution in [3.63, 3.8) is 0 Å². The van der Waals surface area contributed by atoms with Gasteiger partial charge in [0, 0.05) is 11.6 Å². The molecule has 0 saturated heterocycles. The third-order valence-corrected chi connectivity index (χ3v) is 7.09. The van der Waals surface area contributed by atoms with Crippen LogP contribution in [-0.2, 0) is 0 Å². The predicted octanol–water partition coefficient (Wildman–Crippen LogP) is 4.53. The topological polar surface area (TPSA) is 111 Å². The smallest absolute Gasteiger partial charge is 0.353 e. The third-order valence-electron chi connectivity index (χ3n) is 7.09. The standard InChI is InChI=1S/C22H27N5O4/c1-30-16-3-4-17(18(8-16)31-2)25-20-19(27(28)29)21(24-12-23-20)26-22-9-13-5-14(10-22)7-15(6-13)11-22/h3-4,8,12-15H,5-7,9-11H2,1-2H3,(H2,23,24,25,26). The van der Waals surface area contributed by atoms with Crippen LogP contribution in [0.25, 0.3) is 0 Å². The summed E-state index contributed by atoms with van der Waals surface area (Å²) in [6.07, 6.45) is 8.47. The predicted molar refractivity (Wildman–Crippen MR) is 116 cm³/mol. The second-order valence-corrected chi connectivity index (χ2v) is 9.19. The van der Waals surface area contributed by atoms with Crippen molar-refractivity contribution in [1.82, 2.24) is 9.97 Å². The molecule has 4 aliphatic rings. The summed E-state index contributed by atoms with van der Waals surface area (Å²) in [6.45, 7) is 0. The minimum atomic E-state index is -0.416. The molecule has 0 aliphatic heterocycles. The maximum absolute atomic E-state index is 12.1. The molecule has 0 radical (unpaired) electrons. The second kappa shape index (κ2) is 7.55. The van der Waals surface area contributed by atoms with E-state index in [4.69, 9.17) is 9.47 Å². The molecule has 1 heterocycles. The molecule has 0 unspecified atom stereocenters. The number of nitro groups is 1. The van der Waals surface area contributed by atoms with E-state index in [9.17, 15) is 10.1 Å². The largest absolute Gasteiger partial charge is 0.497 e. The van der Waals surface area contributed by atoms with Crippen molar-refractivity contribution in [2.24, 2.45) is 17.8 Å².